The molecule has 204 valence electrons. The summed E-state index contributed by atoms with van der Waals surface area (Å²) in [7, 11) is 1.48. The predicted octanol–water partition coefficient (Wildman–Crippen LogP) is 4.32. The molecule has 39 heavy (non-hydrogen) atoms. The van der Waals surface area contributed by atoms with E-state index in [9.17, 15) is 14.4 Å². The van der Waals surface area contributed by atoms with Gasteiger partial charge in [-0.05, 0) is 84.7 Å². The molecule has 0 aliphatic carbocycles. The highest BCUT2D eigenvalue weighted by atomic mass is 127. The van der Waals surface area contributed by atoms with Gasteiger partial charge in [-0.2, -0.15) is 5.10 Å². The Morgan fingerprint density at radius 3 is 2.23 bits per heavy atom. The Kier molecular flexibility index (Phi) is 10.4. The van der Waals surface area contributed by atoms with Gasteiger partial charge >= 0.3 is 11.8 Å². The van der Waals surface area contributed by atoms with Crippen LogP contribution in [0.4, 0.5) is 5.69 Å². The second kappa shape index (κ2) is 13.7. The number of carbonyl (C=O) groups excluding carboxylic acids is 3. The van der Waals surface area contributed by atoms with Gasteiger partial charge in [0.25, 0.3) is 5.91 Å². The number of anilines is 1. The zero-order valence-corrected chi connectivity index (χ0v) is 24.6. The third kappa shape index (κ3) is 8.54. The fraction of sp³-hybridized carbons (Fsp3) is 0.241. The molecule has 10 heteroatoms. The first-order valence-electron chi connectivity index (χ1n) is 12.1. The number of ether oxygens (including phenoxy) is 2. The average Bonchev–Trinajstić information content (AvgIpc) is 2.89. The summed E-state index contributed by atoms with van der Waals surface area (Å²) in [6.07, 6.45) is 1.38. The molecule has 0 aromatic heterocycles. The van der Waals surface area contributed by atoms with Crippen LogP contribution in [-0.4, -0.2) is 37.7 Å². The van der Waals surface area contributed by atoms with Crippen molar-refractivity contribution in [3.05, 3.63) is 85.5 Å². The van der Waals surface area contributed by atoms with E-state index in [0.29, 0.717) is 20.6 Å². The van der Waals surface area contributed by atoms with Crippen molar-refractivity contribution in [3.8, 4) is 11.5 Å². The van der Waals surface area contributed by atoms with Crippen LogP contribution in [0.3, 0.4) is 0 Å². The van der Waals surface area contributed by atoms with E-state index in [-0.39, 0.29) is 19.1 Å². The Morgan fingerprint density at radius 1 is 0.923 bits per heavy atom. The average molecular weight is 642 g/mol. The van der Waals surface area contributed by atoms with Crippen LogP contribution in [-0.2, 0) is 20.9 Å². The number of carbonyl (C=O) groups is 3. The van der Waals surface area contributed by atoms with E-state index in [1.807, 2.05) is 64.1 Å². The summed E-state index contributed by atoms with van der Waals surface area (Å²) in [6.45, 7) is 7.90. The van der Waals surface area contributed by atoms with E-state index in [1.54, 1.807) is 12.1 Å². The second-order valence-corrected chi connectivity index (χ2v) is 10.2. The quantitative estimate of drug-likeness (QED) is 0.139. The van der Waals surface area contributed by atoms with Crippen molar-refractivity contribution >= 4 is 52.2 Å². The molecule has 3 amide bonds. The topological polar surface area (TPSA) is 118 Å². The van der Waals surface area contributed by atoms with Crippen LogP contribution >= 0.6 is 22.6 Å². The number of hydrogen-bond donors (Lipinski definition) is 3. The molecular weight excluding hydrogens is 611 g/mol. The van der Waals surface area contributed by atoms with Crippen molar-refractivity contribution in [3.63, 3.8) is 0 Å². The molecule has 3 aromatic carbocycles. The molecule has 0 unspecified atom stereocenters. The van der Waals surface area contributed by atoms with Gasteiger partial charge in [0.05, 0.1) is 16.9 Å². The highest BCUT2D eigenvalue weighted by molar-refractivity contribution is 14.1. The maximum Gasteiger partial charge on any atom is 0.329 e. The highest BCUT2D eigenvalue weighted by Gasteiger charge is 2.15. The first kappa shape index (κ1) is 29.6. The molecule has 0 saturated carbocycles. The van der Waals surface area contributed by atoms with Crippen LogP contribution in [0.25, 0.3) is 0 Å². The second-order valence-electron chi connectivity index (χ2n) is 9.01. The van der Waals surface area contributed by atoms with E-state index in [1.165, 1.54) is 13.3 Å². The van der Waals surface area contributed by atoms with Gasteiger partial charge in [-0.3, -0.25) is 14.4 Å². The molecule has 0 spiro atoms. The van der Waals surface area contributed by atoms with E-state index in [2.05, 4.69) is 43.8 Å². The molecule has 0 radical (unpaired) electrons. The molecule has 0 bridgehead atoms. The third-order valence-corrected chi connectivity index (χ3v) is 6.50. The number of aryl methyl sites for hydroxylation is 4. The van der Waals surface area contributed by atoms with Crippen LogP contribution in [0.1, 0.15) is 33.4 Å². The van der Waals surface area contributed by atoms with E-state index >= 15 is 0 Å². The number of nitrogens with zero attached hydrogens (tertiary/aromatic N) is 1. The minimum atomic E-state index is -0.884. The molecule has 9 nitrogen and oxygen atoms in total. The van der Waals surface area contributed by atoms with Crippen LogP contribution in [0.5, 0.6) is 11.5 Å². The Hall–Kier alpha value is -3.93. The summed E-state index contributed by atoms with van der Waals surface area (Å²) in [6, 6.07) is 15.0. The largest absolute Gasteiger partial charge is 0.493 e. The highest BCUT2D eigenvalue weighted by Crippen LogP contribution is 2.33. The van der Waals surface area contributed by atoms with Crippen molar-refractivity contribution in [2.45, 2.75) is 34.2 Å². The lowest BCUT2D eigenvalue weighted by molar-refractivity contribution is -0.139. The van der Waals surface area contributed by atoms with Crippen LogP contribution in [0.15, 0.2) is 53.6 Å². The monoisotopic (exact) mass is 642 g/mol. The molecular formula is C29H31IN4O5. The summed E-state index contributed by atoms with van der Waals surface area (Å²) in [4.78, 5) is 36.7. The molecule has 0 saturated heterocycles. The summed E-state index contributed by atoms with van der Waals surface area (Å²) >= 11 is 2.06. The summed E-state index contributed by atoms with van der Waals surface area (Å²) in [5, 5.41) is 9.33. The van der Waals surface area contributed by atoms with Crippen LogP contribution < -0.4 is 25.5 Å². The molecule has 0 aliphatic rings. The predicted molar refractivity (Wildman–Crippen MR) is 159 cm³/mol. The number of benzene rings is 3. The smallest absolute Gasteiger partial charge is 0.329 e. The first-order chi connectivity index (χ1) is 18.6. The zero-order valence-electron chi connectivity index (χ0n) is 22.5. The summed E-state index contributed by atoms with van der Waals surface area (Å²) in [5.41, 5.74) is 8.66. The fourth-order valence-electron chi connectivity index (χ4n) is 3.83. The summed E-state index contributed by atoms with van der Waals surface area (Å²) in [5.74, 6) is -1.18. The van der Waals surface area contributed by atoms with Gasteiger partial charge in [-0.15, -0.1) is 0 Å². The molecule has 0 fully saturated rings. The Balaban J connectivity index is 1.56. The fourth-order valence-corrected chi connectivity index (χ4v) is 4.61. The minimum Gasteiger partial charge on any atom is -0.493 e. The number of nitrogens with one attached hydrogen (secondary N) is 3. The first-order valence-corrected chi connectivity index (χ1v) is 13.2. The number of methoxy groups -OCH3 is 1. The molecule has 3 rings (SSSR count). The van der Waals surface area contributed by atoms with Crippen LogP contribution in [0, 0.1) is 31.3 Å². The number of rotatable bonds is 9. The standard InChI is InChI=1S/C29H31IN4O5/c1-17-6-8-21(9-7-17)14-31-28(36)29(37)34-32-15-22-12-23(30)27(24(13-22)38-5)39-16-25(35)33-26-19(3)10-18(2)11-20(26)4/h6-13,15H,14,16H2,1-5H3,(H,31,36)(H,33,35)(H,34,37)/b32-15-. The van der Waals surface area contributed by atoms with Crippen molar-refractivity contribution in [1.29, 1.82) is 0 Å². The van der Waals surface area contributed by atoms with Gasteiger partial charge in [0, 0.05) is 12.2 Å². The zero-order chi connectivity index (χ0) is 28.5. The van der Waals surface area contributed by atoms with Crippen molar-refractivity contribution in [1.82, 2.24) is 10.7 Å². The number of amides is 3. The lowest BCUT2D eigenvalue weighted by Gasteiger charge is -2.15. The van der Waals surface area contributed by atoms with Gasteiger partial charge in [0.15, 0.2) is 18.1 Å². The van der Waals surface area contributed by atoms with Gasteiger partial charge < -0.3 is 20.1 Å². The molecule has 3 N–H and O–H groups in total. The van der Waals surface area contributed by atoms with Gasteiger partial charge in [0.2, 0.25) is 0 Å². The van der Waals surface area contributed by atoms with E-state index in [0.717, 1.165) is 33.5 Å². The lowest BCUT2D eigenvalue weighted by atomic mass is 10.1. The lowest BCUT2D eigenvalue weighted by Crippen LogP contribution is -2.37. The minimum absolute atomic E-state index is 0.208. The molecule has 0 heterocycles. The maximum atomic E-state index is 12.6. The normalized spacial score (nSPS) is 10.7. The van der Waals surface area contributed by atoms with Gasteiger partial charge in [-0.25, -0.2) is 5.43 Å². The van der Waals surface area contributed by atoms with Gasteiger partial charge in [-0.1, -0.05) is 47.5 Å². The van der Waals surface area contributed by atoms with Gasteiger partial charge in [0.1, 0.15) is 0 Å². The molecule has 0 atom stereocenters. The Labute approximate surface area is 241 Å². The van der Waals surface area contributed by atoms with Crippen molar-refractivity contribution in [2.24, 2.45) is 5.10 Å². The number of hydrogen-bond acceptors (Lipinski definition) is 6. The van der Waals surface area contributed by atoms with Crippen LogP contribution in [0.2, 0.25) is 0 Å². The molecule has 0 aliphatic heterocycles. The number of halogens is 1. The van der Waals surface area contributed by atoms with E-state index in [4.69, 9.17) is 9.47 Å². The molecule has 3 aromatic rings. The Bertz CT molecular complexity index is 1380. The number of hydrazone groups is 1. The van der Waals surface area contributed by atoms with E-state index < -0.39 is 11.8 Å². The van der Waals surface area contributed by atoms with Crippen molar-refractivity contribution < 1.29 is 23.9 Å². The Morgan fingerprint density at radius 2 is 1.59 bits per heavy atom. The maximum absolute atomic E-state index is 12.6. The SMILES string of the molecule is COc1cc(/C=N\NC(=O)C(=O)NCc2ccc(C)cc2)cc(I)c1OCC(=O)Nc1c(C)cc(C)cc1C. The third-order valence-electron chi connectivity index (χ3n) is 5.70. The summed E-state index contributed by atoms with van der Waals surface area (Å²) < 4.78 is 11.9. The van der Waals surface area contributed by atoms with Crippen molar-refractivity contribution in [2.75, 3.05) is 19.0 Å².